The highest BCUT2D eigenvalue weighted by atomic mass is 35.5. The predicted molar refractivity (Wildman–Crippen MR) is 84.4 cm³/mol. The van der Waals surface area contributed by atoms with Crippen LogP contribution in [0.15, 0.2) is 42.5 Å². The van der Waals surface area contributed by atoms with Gasteiger partial charge in [-0.25, -0.2) is 0 Å². The van der Waals surface area contributed by atoms with Crippen LogP contribution < -0.4 is 5.32 Å². The Kier molecular flexibility index (Phi) is 5.62. The molecule has 0 aromatic heterocycles. The number of carbonyl (C=O) groups excluding carboxylic acids is 1. The lowest BCUT2D eigenvalue weighted by Crippen LogP contribution is -2.25. The van der Waals surface area contributed by atoms with Gasteiger partial charge in [-0.3, -0.25) is 4.79 Å². The van der Waals surface area contributed by atoms with E-state index < -0.39 is 0 Å². The molecule has 0 aliphatic rings. The first-order valence-corrected chi connectivity index (χ1v) is 7.24. The number of nitrogens with one attached hydrogen (secondary N) is 1. The molecule has 0 aliphatic carbocycles. The average Bonchev–Trinajstić information content (AvgIpc) is 2.49. The zero-order valence-electron chi connectivity index (χ0n) is 11.3. The Hall–Kier alpha value is -1.55. The molecule has 0 spiro atoms. The van der Waals surface area contributed by atoms with Crippen molar-refractivity contribution in [3.8, 4) is 0 Å². The highest BCUT2D eigenvalue weighted by Gasteiger charge is 2.07. The minimum atomic E-state index is -0.110. The zero-order chi connectivity index (χ0) is 15.2. The van der Waals surface area contributed by atoms with E-state index >= 15 is 0 Å². The number of rotatable bonds is 5. The van der Waals surface area contributed by atoms with Crippen molar-refractivity contribution in [2.45, 2.75) is 19.6 Å². The Bertz CT molecular complexity index is 644. The van der Waals surface area contributed by atoms with Gasteiger partial charge in [-0.1, -0.05) is 53.5 Å². The molecular weight excluding hydrogens is 309 g/mol. The van der Waals surface area contributed by atoms with Gasteiger partial charge in [0, 0.05) is 6.54 Å². The third-order valence-electron chi connectivity index (χ3n) is 3.11. The van der Waals surface area contributed by atoms with Crippen molar-refractivity contribution < 1.29 is 9.90 Å². The Balaban J connectivity index is 1.94. The monoisotopic (exact) mass is 323 g/mol. The molecule has 2 aromatic rings. The standard InChI is InChI=1S/C16H15Cl2NO2/c17-14-6-5-11(7-15(14)18)8-16(21)19-9-12-3-1-2-4-13(12)10-20/h1-7,20H,8-10H2,(H,19,21). The molecule has 0 saturated carbocycles. The topological polar surface area (TPSA) is 49.3 Å². The first-order chi connectivity index (χ1) is 10.1. The molecule has 0 fully saturated rings. The van der Waals surface area contributed by atoms with Gasteiger partial charge in [0.25, 0.3) is 0 Å². The van der Waals surface area contributed by atoms with Crippen molar-refractivity contribution in [2.24, 2.45) is 0 Å². The van der Waals surface area contributed by atoms with Crippen molar-refractivity contribution in [1.82, 2.24) is 5.32 Å². The third-order valence-corrected chi connectivity index (χ3v) is 3.85. The van der Waals surface area contributed by atoms with Crippen LogP contribution in [0, 0.1) is 0 Å². The molecule has 0 aliphatic heterocycles. The van der Waals surface area contributed by atoms with E-state index in [0.717, 1.165) is 16.7 Å². The molecule has 2 aromatic carbocycles. The molecule has 5 heteroatoms. The Morgan fingerprint density at radius 1 is 1.05 bits per heavy atom. The van der Waals surface area contributed by atoms with Crippen molar-refractivity contribution in [2.75, 3.05) is 0 Å². The second kappa shape index (κ2) is 7.46. The summed E-state index contributed by atoms with van der Waals surface area (Å²) < 4.78 is 0. The summed E-state index contributed by atoms with van der Waals surface area (Å²) in [6.45, 7) is 0.343. The molecule has 2 rings (SSSR count). The molecule has 1 amide bonds. The summed E-state index contributed by atoms with van der Waals surface area (Å²) in [6, 6.07) is 12.6. The highest BCUT2D eigenvalue weighted by Crippen LogP contribution is 2.22. The molecular formula is C16H15Cl2NO2. The van der Waals surface area contributed by atoms with E-state index in [9.17, 15) is 9.90 Å². The minimum Gasteiger partial charge on any atom is -0.392 e. The quantitative estimate of drug-likeness (QED) is 0.886. The van der Waals surface area contributed by atoms with E-state index in [1.165, 1.54) is 0 Å². The van der Waals surface area contributed by atoms with Gasteiger partial charge in [0.15, 0.2) is 0 Å². The summed E-state index contributed by atoms with van der Waals surface area (Å²) in [5, 5.41) is 13.0. The molecule has 0 radical (unpaired) electrons. The molecule has 0 atom stereocenters. The lowest BCUT2D eigenvalue weighted by atomic mass is 10.1. The van der Waals surface area contributed by atoms with E-state index in [1.807, 2.05) is 24.3 Å². The summed E-state index contributed by atoms with van der Waals surface area (Å²) in [6.07, 6.45) is 0.234. The first kappa shape index (κ1) is 15.8. The summed E-state index contributed by atoms with van der Waals surface area (Å²) >= 11 is 11.8. The summed E-state index contributed by atoms with van der Waals surface area (Å²) in [4.78, 5) is 11.9. The fourth-order valence-corrected chi connectivity index (χ4v) is 2.30. The second-order valence-corrected chi connectivity index (χ2v) is 5.44. The molecule has 21 heavy (non-hydrogen) atoms. The number of hydrogen-bond donors (Lipinski definition) is 2. The summed E-state index contributed by atoms with van der Waals surface area (Å²) in [7, 11) is 0. The molecule has 0 unspecified atom stereocenters. The SMILES string of the molecule is O=C(Cc1ccc(Cl)c(Cl)c1)NCc1ccccc1CO. The maximum Gasteiger partial charge on any atom is 0.224 e. The van der Waals surface area contributed by atoms with E-state index in [-0.39, 0.29) is 18.9 Å². The van der Waals surface area contributed by atoms with E-state index in [0.29, 0.717) is 16.6 Å². The number of carbonyl (C=O) groups is 1. The lowest BCUT2D eigenvalue weighted by Gasteiger charge is -2.09. The maximum absolute atomic E-state index is 11.9. The summed E-state index contributed by atoms with van der Waals surface area (Å²) in [5.41, 5.74) is 2.52. The van der Waals surface area contributed by atoms with Crippen LogP contribution in [0.2, 0.25) is 10.0 Å². The van der Waals surface area contributed by atoms with Crippen LogP contribution in [0.1, 0.15) is 16.7 Å². The van der Waals surface area contributed by atoms with Crippen LogP contribution in [-0.4, -0.2) is 11.0 Å². The Labute approximate surface area is 133 Å². The predicted octanol–water partition coefficient (Wildman–Crippen LogP) is 3.34. The maximum atomic E-state index is 11.9. The van der Waals surface area contributed by atoms with E-state index in [2.05, 4.69) is 5.32 Å². The molecule has 0 heterocycles. The van der Waals surface area contributed by atoms with Gasteiger partial charge in [0.1, 0.15) is 0 Å². The number of amides is 1. The fourth-order valence-electron chi connectivity index (χ4n) is 1.98. The van der Waals surface area contributed by atoms with Crippen LogP contribution in [0.25, 0.3) is 0 Å². The zero-order valence-corrected chi connectivity index (χ0v) is 12.8. The fraction of sp³-hybridized carbons (Fsp3) is 0.188. The Morgan fingerprint density at radius 3 is 2.43 bits per heavy atom. The molecule has 0 bridgehead atoms. The minimum absolute atomic E-state index is 0.0428. The normalized spacial score (nSPS) is 10.4. The molecule has 110 valence electrons. The number of benzene rings is 2. The van der Waals surface area contributed by atoms with Gasteiger partial charge in [-0.2, -0.15) is 0 Å². The number of halogens is 2. The van der Waals surface area contributed by atoms with Gasteiger partial charge >= 0.3 is 0 Å². The molecule has 3 nitrogen and oxygen atoms in total. The molecule has 0 saturated heterocycles. The average molecular weight is 324 g/mol. The smallest absolute Gasteiger partial charge is 0.224 e. The van der Waals surface area contributed by atoms with Gasteiger partial charge < -0.3 is 10.4 Å². The van der Waals surface area contributed by atoms with E-state index in [1.54, 1.807) is 18.2 Å². The van der Waals surface area contributed by atoms with Gasteiger partial charge in [-0.05, 0) is 28.8 Å². The molecule has 2 N–H and O–H groups in total. The highest BCUT2D eigenvalue weighted by molar-refractivity contribution is 6.42. The summed E-state index contributed by atoms with van der Waals surface area (Å²) in [5.74, 6) is -0.110. The second-order valence-electron chi connectivity index (χ2n) is 4.63. The van der Waals surface area contributed by atoms with Gasteiger partial charge in [-0.15, -0.1) is 0 Å². The van der Waals surface area contributed by atoms with Gasteiger partial charge in [0.05, 0.1) is 23.1 Å². The number of hydrogen-bond acceptors (Lipinski definition) is 2. The van der Waals surface area contributed by atoms with E-state index in [4.69, 9.17) is 23.2 Å². The van der Waals surface area contributed by atoms with Crippen LogP contribution >= 0.6 is 23.2 Å². The van der Waals surface area contributed by atoms with Gasteiger partial charge in [0.2, 0.25) is 5.91 Å². The lowest BCUT2D eigenvalue weighted by molar-refractivity contribution is -0.120. The first-order valence-electron chi connectivity index (χ1n) is 6.48. The number of aliphatic hydroxyl groups excluding tert-OH is 1. The van der Waals surface area contributed by atoms with Crippen LogP contribution in [-0.2, 0) is 24.4 Å². The van der Waals surface area contributed by atoms with Crippen molar-refractivity contribution >= 4 is 29.1 Å². The van der Waals surface area contributed by atoms with Crippen LogP contribution in [0.3, 0.4) is 0 Å². The number of aliphatic hydroxyl groups is 1. The third kappa shape index (κ3) is 4.46. The van der Waals surface area contributed by atoms with Crippen LogP contribution in [0.5, 0.6) is 0 Å². The largest absolute Gasteiger partial charge is 0.392 e. The Morgan fingerprint density at radius 2 is 1.76 bits per heavy atom. The van der Waals surface area contributed by atoms with Crippen molar-refractivity contribution in [1.29, 1.82) is 0 Å². The van der Waals surface area contributed by atoms with Crippen LogP contribution in [0.4, 0.5) is 0 Å². The van der Waals surface area contributed by atoms with Crippen molar-refractivity contribution in [3.05, 3.63) is 69.2 Å². The van der Waals surface area contributed by atoms with Crippen molar-refractivity contribution in [3.63, 3.8) is 0 Å².